The minimum absolute atomic E-state index is 0.276. The van der Waals surface area contributed by atoms with Crippen LogP contribution in [0, 0.1) is 5.82 Å². The van der Waals surface area contributed by atoms with Crippen LogP contribution in [-0.4, -0.2) is 14.5 Å². The average molecular weight is 389 g/mol. The van der Waals surface area contributed by atoms with Crippen LogP contribution < -0.4 is 0 Å². The third kappa shape index (κ3) is 2.65. The van der Waals surface area contributed by atoms with Gasteiger partial charge in [0.15, 0.2) is 5.65 Å². The zero-order valence-electron chi connectivity index (χ0n) is 10.8. The fraction of sp³-hybridized carbons (Fsp3) is 0.143. The molecule has 3 rings (SSSR count). The van der Waals surface area contributed by atoms with E-state index >= 15 is 0 Å². The SMILES string of the molecule is CC(Cl)c1nc2cc(Br)cnc2n1-c1ccc(F)cc1Cl. The molecule has 0 saturated heterocycles. The monoisotopic (exact) mass is 387 g/mol. The fourth-order valence-electron chi connectivity index (χ4n) is 2.12. The molecule has 108 valence electrons. The largest absolute Gasteiger partial charge is 0.278 e. The summed E-state index contributed by atoms with van der Waals surface area (Å²) in [4.78, 5) is 8.87. The van der Waals surface area contributed by atoms with Crippen molar-refractivity contribution in [3.63, 3.8) is 0 Å². The Hall–Kier alpha value is -1.17. The number of fused-ring (bicyclic) bond motifs is 1. The Morgan fingerprint density at radius 1 is 1.33 bits per heavy atom. The maximum atomic E-state index is 13.3. The summed E-state index contributed by atoms with van der Waals surface area (Å²) in [6.45, 7) is 1.81. The summed E-state index contributed by atoms with van der Waals surface area (Å²) in [5.41, 5.74) is 1.90. The average Bonchev–Trinajstić information content (AvgIpc) is 2.77. The summed E-state index contributed by atoms with van der Waals surface area (Å²) in [5.74, 6) is 0.204. The Morgan fingerprint density at radius 3 is 2.76 bits per heavy atom. The number of halogens is 4. The van der Waals surface area contributed by atoms with Crippen LogP contribution in [0.2, 0.25) is 5.02 Å². The van der Waals surface area contributed by atoms with E-state index in [0.717, 1.165) is 4.47 Å². The van der Waals surface area contributed by atoms with Crippen molar-refractivity contribution >= 4 is 50.3 Å². The van der Waals surface area contributed by atoms with Crippen molar-refractivity contribution in [3.8, 4) is 5.69 Å². The molecular weight excluding hydrogens is 380 g/mol. The van der Waals surface area contributed by atoms with Crippen LogP contribution in [-0.2, 0) is 0 Å². The van der Waals surface area contributed by atoms with Gasteiger partial charge in [-0.25, -0.2) is 14.4 Å². The minimum atomic E-state index is -0.399. The number of nitrogens with zero attached hydrogens (tertiary/aromatic N) is 3. The van der Waals surface area contributed by atoms with Crippen LogP contribution >= 0.6 is 39.1 Å². The van der Waals surface area contributed by atoms with E-state index in [9.17, 15) is 4.39 Å². The maximum absolute atomic E-state index is 13.3. The van der Waals surface area contributed by atoms with E-state index in [0.29, 0.717) is 22.7 Å². The molecule has 2 heterocycles. The molecule has 0 bridgehead atoms. The first kappa shape index (κ1) is 14.8. The highest BCUT2D eigenvalue weighted by atomic mass is 79.9. The topological polar surface area (TPSA) is 30.7 Å². The van der Waals surface area contributed by atoms with Gasteiger partial charge in [-0.3, -0.25) is 4.57 Å². The predicted molar refractivity (Wildman–Crippen MR) is 85.8 cm³/mol. The van der Waals surface area contributed by atoms with E-state index in [1.165, 1.54) is 12.1 Å². The number of alkyl halides is 1. The van der Waals surface area contributed by atoms with E-state index in [4.69, 9.17) is 23.2 Å². The van der Waals surface area contributed by atoms with E-state index in [1.54, 1.807) is 16.8 Å². The van der Waals surface area contributed by atoms with Crippen LogP contribution in [0.1, 0.15) is 18.1 Å². The first-order valence-electron chi connectivity index (χ1n) is 6.11. The standard InChI is InChI=1S/C14H9BrCl2FN3/c1-7(16)13-20-11-4-8(15)6-19-14(11)21(13)12-3-2-9(18)5-10(12)17/h2-7H,1H3. The number of benzene rings is 1. The summed E-state index contributed by atoms with van der Waals surface area (Å²) in [5, 5.41) is -0.0725. The zero-order chi connectivity index (χ0) is 15.1. The van der Waals surface area contributed by atoms with Crippen molar-refractivity contribution in [3.05, 3.63) is 51.6 Å². The molecule has 0 saturated carbocycles. The molecule has 0 spiro atoms. The molecule has 0 aliphatic rings. The van der Waals surface area contributed by atoms with Gasteiger partial charge in [0.25, 0.3) is 0 Å². The summed E-state index contributed by atoms with van der Waals surface area (Å²) < 4.78 is 15.8. The number of pyridine rings is 1. The molecule has 0 radical (unpaired) electrons. The first-order chi connectivity index (χ1) is 9.97. The number of hydrogen-bond donors (Lipinski definition) is 0. The minimum Gasteiger partial charge on any atom is -0.278 e. The van der Waals surface area contributed by atoms with Crippen molar-refractivity contribution < 1.29 is 4.39 Å². The quantitative estimate of drug-likeness (QED) is 0.559. The summed E-state index contributed by atoms with van der Waals surface area (Å²) in [6.07, 6.45) is 1.67. The first-order valence-corrected chi connectivity index (χ1v) is 7.71. The highest BCUT2D eigenvalue weighted by molar-refractivity contribution is 9.10. The van der Waals surface area contributed by atoms with Crippen molar-refractivity contribution in [1.82, 2.24) is 14.5 Å². The third-order valence-electron chi connectivity index (χ3n) is 3.00. The van der Waals surface area contributed by atoms with Gasteiger partial charge in [0, 0.05) is 10.7 Å². The van der Waals surface area contributed by atoms with Gasteiger partial charge in [0.1, 0.15) is 17.2 Å². The van der Waals surface area contributed by atoms with Crippen LogP contribution in [0.5, 0.6) is 0 Å². The Bertz CT molecular complexity index is 832. The van der Waals surface area contributed by atoms with Gasteiger partial charge in [-0.05, 0) is 47.1 Å². The smallest absolute Gasteiger partial charge is 0.164 e. The van der Waals surface area contributed by atoms with Crippen molar-refractivity contribution in [2.24, 2.45) is 0 Å². The van der Waals surface area contributed by atoms with Gasteiger partial charge < -0.3 is 0 Å². The van der Waals surface area contributed by atoms with Crippen LogP contribution in [0.4, 0.5) is 4.39 Å². The summed E-state index contributed by atoms with van der Waals surface area (Å²) in [7, 11) is 0. The molecule has 1 aromatic carbocycles. The molecule has 0 N–H and O–H groups in total. The summed E-state index contributed by atoms with van der Waals surface area (Å²) >= 11 is 15.7. The Labute approximate surface area is 138 Å². The molecule has 21 heavy (non-hydrogen) atoms. The molecule has 0 fully saturated rings. The van der Waals surface area contributed by atoms with E-state index in [2.05, 4.69) is 25.9 Å². The molecular formula is C14H9BrCl2FN3. The second-order valence-corrected chi connectivity index (χ2v) is 6.49. The molecule has 3 nitrogen and oxygen atoms in total. The van der Waals surface area contributed by atoms with Crippen molar-refractivity contribution in [1.29, 1.82) is 0 Å². The molecule has 1 unspecified atom stereocenters. The normalized spacial score (nSPS) is 12.8. The number of imidazole rings is 1. The van der Waals surface area contributed by atoms with Gasteiger partial charge in [-0.2, -0.15) is 0 Å². The van der Waals surface area contributed by atoms with E-state index in [1.807, 2.05) is 13.0 Å². The highest BCUT2D eigenvalue weighted by Crippen LogP contribution is 2.31. The lowest BCUT2D eigenvalue weighted by Gasteiger charge is -2.11. The molecule has 1 atom stereocenters. The molecule has 3 aromatic rings. The molecule has 0 aliphatic carbocycles. The predicted octanol–water partition coefficient (Wildman–Crippen LogP) is 5.28. The number of aromatic nitrogens is 3. The number of rotatable bonds is 2. The Kier molecular flexibility index (Phi) is 3.90. The van der Waals surface area contributed by atoms with E-state index < -0.39 is 5.82 Å². The van der Waals surface area contributed by atoms with Crippen LogP contribution in [0.15, 0.2) is 34.9 Å². The molecule has 0 aliphatic heterocycles. The lowest BCUT2D eigenvalue weighted by atomic mass is 10.3. The van der Waals surface area contributed by atoms with Gasteiger partial charge in [-0.15, -0.1) is 11.6 Å². The second-order valence-electron chi connectivity index (χ2n) is 4.51. The highest BCUT2D eigenvalue weighted by Gasteiger charge is 2.19. The lowest BCUT2D eigenvalue weighted by Crippen LogP contribution is -2.03. The van der Waals surface area contributed by atoms with Gasteiger partial charge in [-0.1, -0.05) is 11.6 Å². The zero-order valence-corrected chi connectivity index (χ0v) is 13.9. The van der Waals surface area contributed by atoms with Crippen LogP contribution in [0.25, 0.3) is 16.9 Å². The second kappa shape index (κ2) is 5.55. The lowest BCUT2D eigenvalue weighted by molar-refractivity contribution is 0.627. The number of hydrogen-bond acceptors (Lipinski definition) is 2. The summed E-state index contributed by atoms with van der Waals surface area (Å²) in [6, 6.07) is 6.03. The Balaban J connectivity index is 2.36. The van der Waals surface area contributed by atoms with E-state index in [-0.39, 0.29) is 10.4 Å². The maximum Gasteiger partial charge on any atom is 0.164 e. The molecule has 0 amide bonds. The van der Waals surface area contributed by atoms with Gasteiger partial charge in [0.05, 0.1) is 16.1 Å². The van der Waals surface area contributed by atoms with Gasteiger partial charge >= 0.3 is 0 Å². The fourth-order valence-corrected chi connectivity index (χ4v) is 2.84. The molecule has 2 aromatic heterocycles. The van der Waals surface area contributed by atoms with Crippen molar-refractivity contribution in [2.75, 3.05) is 0 Å². The van der Waals surface area contributed by atoms with Crippen molar-refractivity contribution in [2.45, 2.75) is 12.3 Å². The molecule has 7 heteroatoms. The Morgan fingerprint density at radius 2 is 2.10 bits per heavy atom. The van der Waals surface area contributed by atoms with Crippen LogP contribution in [0.3, 0.4) is 0 Å². The third-order valence-corrected chi connectivity index (χ3v) is 3.93. The van der Waals surface area contributed by atoms with Gasteiger partial charge in [0.2, 0.25) is 0 Å².